The minimum Gasteiger partial charge on any atom is -0.394 e. The molecule has 0 saturated carbocycles. The van der Waals surface area contributed by atoms with E-state index in [1.54, 1.807) is 0 Å². The summed E-state index contributed by atoms with van der Waals surface area (Å²) >= 11 is 0. The molecule has 4 rings (SSSR count). The number of carbonyl (C=O) groups excluding carboxylic acids is 1. The maximum absolute atomic E-state index is 10.8. The minimum atomic E-state index is -2.53. The van der Waals surface area contributed by atoms with E-state index in [0.717, 1.165) is 6.92 Å². The molecule has 0 aromatic rings. The Morgan fingerprint density at radius 3 is 1.52 bits per heavy atom. The molecule has 4 fully saturated rings. The van der Waals surface area contributed by atoms with Crippen LogP contribution in [0.25, 0.3) is 0 Å². The summed E-state index contributed by atoms with van der Waals surface area (Å²) in [7, 11) is 0. The van der Waals surface area contributed by atoms with E-state index < -0.39 is 155 Å². The fraction of sp³-hybridized carbons (Fsp3) is 0.962. The van der Waals surface area contributed by atoms with E-state index in [9.17, 15) is 66.1 Å². The number of amides is 1. The predicted molar refractivity (Wildman–Crippen MR) is 156 cm³/mol. The summed E-state index contributed by atoms with van der Waals surface area (Å²) in [5.41, 5.74) is 17.6. The van der Waals surface area contributed by atoms with E-state index in [2.05, 4.69) is 0 Å². The van der Waals surface area contributed by atoms with Crippen LogP contribution >= 0.6 is 0 Å². The highest BCUT2D eigenvalue weighted by Crippen LogP contribution is 2.31. The maximum atomic E-state index is 10.8. The van der Waals surface area contributed by atoms with E-state index in [1.165, 1.54) is 0 Å². The van der Waals surface area contributed by atoms with Gasteiger partial charge in [-0.3, -0.25) is 4.79 Å². The first-order valence-electron chi connectivity index (χ1n) is 15.5. The predicted octanol–water partition coefficient (Wildman–Crippen LogP) is -11.4. The Kier molecular flexibility index (Phi) is 15.5. The summed E-state index contributed by atoms with van der Waals surface area (Å²) in [6, 6.07) is -3.87. The quantitative estimate of drug-likeness (QED) is 0.0976. The molecule has 4 heterocycles. The number of hydrogen-bond acceptors (Lipinski definition) is 23. The van der Waals surface area contributed by atoms with Gasteiger partial charge in [0, 0.05) is 6.92 Å². The van der Waals surface area contributed by atoms with Gasteiger partial charge in [-0.25, -0.2) is 0 Å². The van der Waals surface area contributed by atoms with Gasteiger partial charge in [0.25, 0.3) is 5.91 Å². The molecule has 0 bridgehead atoms. The Labute approximate surface area is 284 Å². The van der Waals surface area contributed by atoms with Gasteiger partial charge in [0.2, 0.25) is 5.91 Å². The van der Waals surface area contributed by atoms with E-state index in [1.807, 2.05) is 5.32 Å². The van der Waals surface area contributed by atoms with Gasteiger partial charge in [0.15, 0.2) is 25.0 Å². The molecule has 3 unspecified atom stereocenters. The molecule has 0 aliphatic carbocycles. The van der Waals surface area contributed by atoms with Gasteiger partial charge < -0.3 is 117 Å². The number of aliphatic hydroxyl groups is 13. The standard InChI is InChI=1S/C18H35N3O13.C8H15NO7/c19-7-12(27)14(5(2-23)30-16(7)29)33-18-9(21)13(28)15(6(3-24)32-18)34-17-8(20)11(26)10(25)4(1-22)31-17;1-3(11)9-8(15)7(14)6(13)5(12)4(2-10)16-8/h4-18,22-29H,1-3,19-21H2;4-7,10,12-15H,2H2,1H3,(H,9,11)/t4-,5-,6-,7-,8-,9-,10-,11-,12-,13-,14?,15?,16-,17+,18+;4-,5-,6+,7-,8?/m11/s1. The first kappa shape index (κ1) is 43.0. The lowest BCUT2D eigenvalue weighted by Crippen LogP contribution is -2.71. The minimum absolute atomic E-state index is 0.651. The molecule has 20 N–H and O–H groups in total. The highest BCUT2D eigenvalue weighted by atomic mass is 16.7. The van der Waals surface area contributed by atoms with Crippen LogP contribution in [0, 0.1) is 0 Å². The lowest BCUT2D eigenvalue weighted by atomic mass is 9.94. The van der Waals surface area contributed by atoms with E-state index in [0.29, 0.717) is 0 Å². The van der Waals surface area contributed by atoms with Crippen LogP contribution in [-0.4, -0.2) is 221 Å². The number of aliphatic hydroxyl groups excluding tert-OH is 12. The highest BCUT2D eigenvalue weighted by molar-refractivity contribution is 5.73. The maximum Gasteiger partial charge on any atom is 0.279 e. The molecule has 4 aliphatic heterocycles. The summed E-state index contributed by atoms with van der Waals surface area (Å²) in [4.78, 5) is 10.8. The van der Waals surface area contributed by atoms with Crippen molar-refractivity contribution in [2.24, 2.45) is 17.2 Å². The number of rotatable bonds is 9. The molecule has 50 heavy (non-hydrogen) atoms. The third-order valence-electron chi connectivity index (χ3n) is 8.65. The van der Waals surface area contributed by atoms with Gasteiger partial charge in [-0.15, -0.1) is 0 Å². The zero-order chi connectivity index (χ0) is 37.8. The first-order chi connectivity index (χ1) is 23.4. The molecule has 20 atom stereocenters. The Hall–Kier alpha value is -1.41. The van der Waals surface area contributed by atoms with Gasteiger partial charge in [-0.2, -0.15) is 0 Å². The molecule has 0 aromatic carbocycles. The average molecular weight is 739 g/mol. The summed E-state index contributed by atoms with van der Waals surface area (Å²) in [5, 5.41) is 128. The van der Waals surface area contributed by atoms with Crippen molar-refractivity contribution in [1.29, 1.82) is 0 Å². The zero-order valence-electron chi connectivity index (χ0n) is 26.7. The summed E-state index contributed by atoms with van der Waals surface area (Å²) in [6.07, 6.45) is -23.3. The van der Waals surface area contributed by atoms with Gasteiger partial charge >= 0.3 is 0 Å². The Morgan fingerprint density at radius 2 is 1.04 bits per heavy atom. The molecule has 0 radical (unpaired) electrons. The number of nitrogens with one attached hydrogen (secondary N) is 1. The lowest BCUT2D eigenvalue weighted by molar-refractivity contribution is -0.358. The molecular formula is C26H50N4O20. The molecule has 4 aliphatic rings. The van der Waals surface area contributed by atoms with Crippen LogP contribution in [0.1, 0.15) is 6.92 Å². The normalized spacial score (nSPS) is 49.8. The molecule has 294 valence electrons. The van der Waals surface area contributed by atoms with Gasteiger partial charge in [-0.1, -0.05) is 0 Å². The number of nitrogens with two attached hydrogens (primary N) is 3. The number of carbonyl (C=O) groups is 1. The van der Waals surface area contributed by atoms with Crippen molar-refractivity contribution in [3.63, 3.8) is 0 Å². The second kappa shape index (κ2) is 18.1. The van der Waals surface area contributed by atoms with Crippen molar-refractivity contribution in [2.45, 2.75) is 129 Å². The number of hydrogen-bond donors (Lipinski definition) is 17. The molecule has 24 heteroatoms. The highest BCUT2D eigenvalue weighted by Gasteiger charge is 2.54. The topological polar surface area (TPSA) is 426 Å². The Morgan fingerprint density at radius 1 is 0.620 bits per heavy atom. The van der Waals surface area contributed by atoms with E-state index in [4.69, 9.17) is 50.7 Å². The van der Waals surface area contributed by atoms with Crippen LogP contribution in [0.5, 0.6) is 0 Å². The fourth-order valence-electron chi connectivity index (χ4n) is 5.69. The smallest absolute Gasteiger partial charge is 0.279 e. The fourth-order valence-corrected chi connectivity index (χ4v) is 5.69. The van der Waals surface area contributed by atoms with Crippen LogP contribution in [0.4, 0.5) is 0 Å². The van der Waals surface area contributed by atoms with Crippen LogP contribution in [0.15, 0.2) is 0 Å². The molecule has 24 nitrogen and oxygen atoms in total. The average Bonchev–Trinajstić information content (AvgIpc) is 3.08. The monoisotopic (exact) mass is 738 g/mol. The van der Waals surface area contributed by atoms with Crippen molar-refractivity contribution >= 4 is 5.91 Å². The van der Waals surface area contributed by atoms with E-state index >= 15 is 0 Å². The van der Waals surface area contributed by atoms with Gasteiger partial charge in [0.05, 0.1) is 44.6 Å². The molecular weight excluding hydrogens is 688 g/mol. The van der Waals surface area contributed by atoms with Crippen molar-refractivity contribution in [2.75, 3.05) is 26.4 Å². The van der Waals surface area contributed by atoms with Crippen molar-refractivity contribution in [1.82, 2.24) is 5.32 Å². The molecule has 1 amide bonds. The Bertz CT molecular complexity index is 1070. The van der Waals surface area contributed by atoms with Crippen LogP contribution in [-0.2, 0) is 33.2 Å². The first-order valence-corrected chi connectivity index (χ1v) is 15.5. The van der Waals surface area contributed by atoms with Gasteiger partial charge in [0.1, 0.15) is 73.2 Å². The second-order valence-electron chi connectivity index (χ2n) is 12.2. The van der Waals surface area contributed by atoms with Crippen molar-refractivity contribution in [3.8, 4) is 0 Å². The van der Waals surface area contributed by atoms with Gasteiger partial charge in [-0.05, 0) is 0 Å². The Balaban J connectivity index is 0.000000354. The molecule has 0 spiro atoms. The summed E-state index contributed by atoms with van der Waals surface area (Å²) in [6.45, 7) is -1.62. The zero-order valence-corrected chi connectivity index (χ0v) is 26.7. The third-order valence-corrected chi connectivity index (χ3v) is 8.65. The van der Waals surface area contributed by atoms with Crippen molar-refractivity contribution < 1.29 is 99.6 Å². The second-order valence-corrected chi connectivity index (χ2v) is 12.2. The van der Waals surface area contributed by atoms with E-state index in [-0.39, 0.29) is 0 Å². The van der Waals surface area contributed by atoms with Crippen molar-refractivity contribution in [3.05, 3.63) is 0 Å². The lowest BCUT2D eigenvalue weighted by Gasteiger charge is -2.48. The molecule has 0 aromatic heterocycles. The van der Waals surface area contributed by atoms with Crippen LogP contribution < -0.4 is 22.5 Å². The van der Waals surface area contributed by atoms with Crippen LogP contribution in [0.2, 0.25) is 0 Å². The number of ether oxygens (including phenoxy) is 6. The summed E-state index contributed by atoms with van der Waals surface area (Å²) < 4.78 is 32.2. The SMILES string of the molecule is CC(=O)NC1(O)O[C@H](CO)[C@@H](O)[C@H](O)[C@H]1O.N[C@H]1[C@H](OC2[C@@H](CO)O[C@@H](OC3[C@@H](CO)O[C@@H](O)[C@H](N)[C@H]3O)[C@H](N)[C@H]2O)O[C@H](CO)[C@@H](O)[C@@H]1O. The molecule has 4 saturated heterocycles. The third kappa shape index (κ3) is 9.20. The largest absolute Gasteiger partial charge is 0.394 e. The van der Waals surface area contributed by atoms with Crippen LogP contribution in [0.3, 0.4) is 0 Å². The summed E-state index contributed by atoms with van der Waals surface area (Å²) in [5.74, 6) is -3.24.